The third-order valence-corrected chi connectivity index (χ3v) is 5.05. The summed E-state index contributed by atoms with van der Waals surface area (Å²) in [7, 11) is -3.23. The van der Waals surface area contributed by atoms with Crippen LogP contribution in [0.3, 0.4) is 0 Å². The Morgan fingerprint density at radius 3 is 2.60 bits per heavy atom. The third kappa shape index (κ3) is 4.58. The highest BCUT2D eigenvalue weighted by Gasteiger charge is 2.29. The first kappa shape index (κ1) is 15.5. The maximum absolute atomic E-state index is 12.1. The SMILES string of the molecule is CCNCc1cccc(CS(=O)(=O)NC2CC(C)C2)c1. The van der Waals surface area contributed by atoms with Crippen molar-refractivity contribution in [3.05, 3.63) is 35.4 Å². The lowest BCUT2D eigenvalue weighted by atomic mass is 9.83. The lowest BCUT2D eigenvalue weighted by molar-refractivity contribution is 0.270. The Morgan fingerprint density at radius 1 is 1.25 bits per heavy atom. The minimum absolute atomic E-state index is 0.0673. The fourth-order valence-electron chi connectivity index (χ4n) is 2.61. The predicted molar refractivity (Wildman–Crippen MR) is 81.8 cm³/mol. The highest BCUT2D eigenvalue weighted by Crippen LogP contribution is 2.27. The molecular weight excluding hydrogens is 272 g/mol. The van der Waals surface area contributed by atoms with Gasteiger partial charge in [-0.2, -0.15) is 0 Å². The van der Waals surface area contributed by atoms with Crippen LogP contribution < -0.4 is 10.0 Å². The van der Waals surface area contributed by atoms with Crippen LogP contribution in [0.1, 0.15) is 37.8 Å². The maximum Gasteiger partial charge on any atom is 0.216 e. The Kier molecular flexibility index (Phi) is 5.18. The second-order valence-electron chi connectivity index (χ2n) is 5.75. The van der Waals surface area contributed by atoms with E-state index in [1.165, 1.54) is 0 Å². The van der Waals surface area contributed by atoms with Gasteiger partial charge in [0.2, 0.25) is 10.0 Å². The van der Waals surface area contributed by atoms with Crippen molar-refractivity contribution >= 4 is 10.0 Å². The van der Waals surface area contributed by atoms with Gasteiger partial charge in [0.15, 0.2) is 0 Å². The zero-order chi connectivity index (χ0) is 14.6. The van der Waals surface area contributed by atoms with E-state index in [1.807, 2.05) is 24.3 Å². The average Bonchev–Trinajstić information content (AvgIpc) is 2.34. The molecule has 112 valence electrons. The first-order valence-electron chi connectivity index (χ1n) is 7.27. The number of nitrogens with one attached hydrogen (secondary N) is 2. The second-order valence-corrected chi connectivity index (χ2v) is 7.50. The van der Waals surface area contributed by atoms with E-state index >= 15 is 0 Å². The van der Waals surface area contributed by atoms with Gasteiger partial charge in [0.05, 0.1) is 5.75 Å². The van der Waals surface area contributed by atoms with E-state index in [4.69, 9.17) is 0 Å². The van der Waals surface area contributed by atoms with Crippen molar-refractivity contribution in [2.75, 3.05) is 6.54 Å². The summed E-state index contributed by atoms with van der Waals surface area (Å²) in [5.41, 5.74) is 1.97. The van der Waals surface area contributed by atoms with Gasteiger partial charge in [0, 0.05) is 12.6 Å². The average molecular weight is 296 g/mol. The van der Waals surface area contributed by atoms with Gasteiger partial charge in [-0.1, -0.05) is 38.1 Å². The summed E-state index contributed by atoms with van der Waals surface area (Å²) >= 11 is 0. The number of sulfonamides is 1. The Bertz CT molecular complexity index is 537. The molecule has 0 atom stereocenters. The summed E-state index contributed by atoms with van der Waals surface area (Å²) in [6, 6.07) is 7.91. The molecule has 1 saturated carbocycles. The van der Waals surface area contributed by atoms with E-state index in [-0.39, 0.29) is 11.8 Å². The van der Waals surface area contributed by atoms with E-state index in [9.17, 15) is 8.42 Å². The van der Waals surface area contributed by atoms with Crippen molar-refractivity contribution in [1.82, 2.24) is 10.0 Å². The normalized spacial score (nSPS) is 22.5. The van der Waals surface area contributed by atoms with Gasteiger partial charge >= 0.3 is 0 Å². The first-order valence-corrected chi connectivity index (χ1v) is 8.92. The van der Waals surface area contributed by atoms with Crippen molar-refractivity contribution in [2.45, 2.75) is 45.0 Å². The molecule has 20 heavy (non-hydrogen) atoms. The fourth-order valence-corrected chi connectivity index (χ4v) is 4.01. The minimum Gasteiger partial charge on any atom is -0.313 e. The molecule has 0 aromatic heterocycles. The molecule has 0 saturated heterocycles. The Balaban J connectivity index is 1.94. The van der Waals surface area contributed by atoms with E-state index < -0.39 is 10.0 Å². The molecule has 0 aliphatic heterocycles. The van der Waals surface area contributed by atoms with Gasteiger partial charge in [-0.25, -0.2) is 13.1 Å². The van der Waals surface area contributed by atoms with Crippen LogP contribution in [0.15, 0.2) is 24.3 Å². The molecule has 0 amide bonds. The number of benzene rings is 1. The van der Waals surface area contributed by atoms with Crippen molar-refractivity contribution in [2.24, 2.45) is 5.92 Å². The number of hydrogen-bond donors (Lipinski definition) is 2. The summed E-state index contributed by atoms with van der Waals surface area (Å²) in [6.07, 6.45) is 1.92. The first-order chi connectivity index (χ1) is 9.48. The van der Waals surface area contributed by atoms with E-state index in [1.54, 1.807) is 0 Å². The van der Waals surface area contributed by atoms with Gasteiger partial charge in [0.25, 0.3) is 0 Å². The monoisotopic (exact) mass is 296 g/mol. The Labute approximate surface area is 122 Å². The van der Waals surface area contributed by atoms with Crippen molar-refractivity contribution in [3.8, 4) is 0 Å². The van der Waals surface area contributed by atoms with Crippen LogP contribution in [0.25, 0.3) is 0 Å². The van der Waals surface area contributed by atoms with Crippen LogP contribution in [0.2, 0.25) is 0 Å². The molecule has 1 aliphatic carbocycles. The molecule has 1 aromatic rings. The predicted octanol–water partition coefficient (Wildman–Crippen LogP) is 2.01. The molecule has 0 unspecified atom stereocenters. The molecule has 2 N–H and O–H groups in total. The molecule has 0 radical (unpaired) electrons. The van der Waals surface area contributed by atoms with Crippen LogP contribution in [-0.2, 0) is 22.3 Å². The van der Waals surface area contributed by atoms with Crippen LogP contribution in [0.4, 0.5) is 0 Å². The smallest absolute Gasteiger partial charge is 0.216 e. The summed E-state index contributed by atoms with van der Waals surface area (Å²) < 4.78 is 27.0. The van der Waals surface area contributed by atoms with Crippen molar-refractivity contribution < 1.29 is 8.42 Å². The van der Waals surface area contributed by atoms with Gasteiger partial charge in [-0.3, -0.25) is 0 Å². The molecule has 4 nitrogen and oxygen atoms in total. The molecule has 1 fully saturated rings. The quantitative estimate of drug-likeness (QED) is 0.809. The Hall–Kier alpha value is -0.910. The summed E-state index contributed by atoms with van der Waals surface area (Å²) in [5.74, 6) is 0.712. The van der Waals surface area contributed by atoms with Crippen LogP contribution in [0.5, 0.6) is 0 Å². The molecule has 0 spiro atoms. The standard InChI is InChI=1S/C15H24N2O2S/c1-3-16-10-13-5-4-6-14(9-13)11-20(18,19)17-15-7-12(2)8-15/h4-6,9,12,15-17H,3,7-8,10-11H2,1-2H3. The topological polar surface area (TPSA) is 58.2 Å². The minimum atomic E-state index is -3.23. The highest BCUT2D eigenvalue weighted by molar-refractivity contribution is 7.88. The third-order valence-electron chi connectivity index (χ3n) is 3.65. The van der Waals surface area contributed by atoms with Crippen molar-refractivity contribution in [1.29, 1.82) is 0 Å². The van der Waals surface area contributed by atoms with E-state index in [2.05, 4.69) is 23.9 Å². The van der Waals surface area contributed by atoms with E-state index in [0.29, 0.717) is 5.92 Å². The molecule has 5 heteroatoms. The van der Waals surface area contributed by atoms with Gasteiger partial charge in [0.1, 0.15) is 0 Å². The molecule has 0 bridgehead atoms. The maximum atomic E-state index is 12.1. The van der Waals surface area contributed by atoms with Crippen LogP contribution in [0, 0.1) is 5.92 Å². The molecule has 2 rings (SSSR count). The molecule has 1 aromatic carbocycles. The molecule has 1 aliphatic rings. The summed E-state index contributed by atoms with van der Waals surface area (Å²) in [5, 5.41) is 3.24. The zero-order valence-corrected chi connectivity index (χ0v) is 13.0. The van der Waals surface area contributed by atoms with Crippen molar-refractivity contribution in [3.63, 3.8) is 0 Å². The highest BCUT2D eigenvalue weighted by atomic mass is 32.2. The van der Waals surface area contributed by atoms with Gasteiger partial charge < -0.3 is 5.32 Å². The fraction of sp³-hybridized carbons (Fsp3) is 0.600. The van der Waals surface area contributed by atoms with Crippen LogP contribution in [-0.4, -0.2) is 21.0 Å². The molecular formula is C15H24N2O2S. The number of rotatable bonds is 7. The number of hydrogen-bond acceptors (Lipinski definition) is 3. The molecule has 0 heterocycles. The van der Waals surface area contributed by atoms with Gasteiger partial charge in [-0.05, 0) is 36.4 Å². The largest absolute Gasteiger partial charge is 0.313 e. The lowest BCUT2D eigenvalue weighted by Gasteiger charge is -2.32. The van der Waals surface area contributed by atoms with Crippen LogP contribution >= 0.6 is 0 Å². The summed E-state index contributed by atoms with van der Waals surface area (Å²) in [4.78, 5) is 0. The Morgan fingerprint density at radius 2 is 1.95 bits per heavy atom. The van der Waals surface area contributed by atoms with E-state index in [0.717, 1.165) is 37.1 Å². The lowest BCUT2D eigenvalue weighted by Crippen LogP contribution is -2.43. The van der Waals surface area contributed by atoms with Gasteiger partial charge in [-0.15, -0.1) is 0 Å². The summed E-state index contributed by atoms with van der Waals surface area (Å²) in [6.45, 7) is 5.88. The zero-order valence-electron chi connectivity index (χ0n) is 12.2. The second kappa shape index (κ2) is 6.70.